The van der Waals surface area contributed by atoms with Crippen LogP contribution in [0.3, 0.4) is 0 Å². The molecule has 27 heavy (non-hydrogen) atoms. The van der Waals surface area contributed by atoms with Gasteiger partial charge in [0.25, 0.3) is 11.2 Å². The summed E-state index contributed by atoms with van der Waals surface area (Å²) < 4.78 is 11.4. The zero-order valence-electron chi connectivity index (χ0n) is 14.5. The predicted molar refractivity (Wildman–Crippen MR) is 96.5 cm³/mol. The third-order valence-corrected chi connectivity index (χ3v) is 4.04. The van der Waals surface area contributed by atoms with Gasteiger partial charge in [0, 0.05) is 18.2 Å². The predicted octanol–water partition coefficient (Wildman–Crippen LogP) is 2.20. The molecule has 0 unspecified atom stereocenters. The van der Waals surface area contributed by atoms with E-state index < -0.39 is 10.5 Å². The molecule has 0 atom stereocenters. The molecule has 9 nitrogen and oxygen atoms in total. The number of carbonyl (C=O) groups excluding carboxylic acids is 1. The van der Waals surface area contributed by atoms with Gasteiger partial charge in [-0.3, -0.25) is 24.3 Å². The van der Waals surface area contributed by atoms with Crippen LogP contribution in [0.15, 0.2) is 47.5 Å². The van der Waals surface area contributed by atoms with E-state index in [-0.39, 0.29) is 29.0 Å². The largest absolute Gasteiger partial charge is 0.497 e. The molecule has 3 rings (SSSR count). The van der Waals surface area contributed by atoms with Crippen LogP contribution >= 0.6 is 0 Å². The number of aromatic nitrogens is 2. The van der Waals surface area contributed by atoms with E-state index in [0.29, 0.717) is 17.0 Å². The number of nitrogens with zero attached hydrogens (tertiary/aromatic N) is 3. The highest BCUT2D eigenvalue weighted by Gasteiger charge is 2.16. The number of nitro benzene ring substituents is 1. The van der Waals surface area contributed by atoms with E-state index in [9.17, 15) is 19.7 Å². The zero-order valence-corrected chi connectivity index (χ0v) is 14.5. The minimum absolute atomic E-state index is 0.0706. The fraction of sp³-hybridized carbons (Fsp3) is 0.167. The summed E-state index contributed by atoms with van der Waals surface area (Å²) in [5, 5.41) is 11.0. The summed E-state index contributed by atoms with van der Waals surface area (Å²) in [5.41, 5.74) is -0.160. The van der Waals surface area contributed by atoms with Gasteiger partial charge >= 0.3 is 0 Å². The fourth-order valence-electron chi connectivity index (χ4n) is 2.64. The lowest BCUT2D eigenvalue weighted by Gasteiger charge is -2.11. The number of Topliss-reactive ketones (excluding diaryl/α,β-unsaturated/α-hetero) is 1. The molecule has 0 aliphatic carbocycles. The molecule has 0 aliphatic heterocycles. The molecule has 0 N–H and O–H groups in total. The smallest absolute Gasteiger partial charge is 0.270 e. The number of nitro groups is 1. The standard InChI is InChI=1S/C18H15N3O6/c1-26-12-4-5-13(17(8-12)27-2)16(22)9-20-10-19-15-6-3-11(21(24)25)7-14(15)18(20)23/h3-8,10H,9H2,1-2H3. The van der Waals surface area contributed by atoms with E-state index >= 15 is 0 Å². The summed E-state index contributed by atoms with van der Waals surface area (Å²) in [4.78, 5) is 39.7. The Balaban J connectivity index is 1.99. The molecule has 0 spiro atoms. The van der Waals surface area contributed by atoms with Crippen LogP contribution in [0.1, 0.15) is 10.4 Å². The molecule has 0 bridgehead atoms. The van der Waals surface area contributed by atoms with E-state index in [1.165, 1.54) is 32.7 Å². The van der Waals surface area contributed by atoms with Crippen LogP contribution in [0.4, 0.5) is 5.69 Å². The molecule has 2 aromatic carbocycles. The van der Waals surface area contributed by atoms with Crippen molar-refractivity contribution in [3.8, 4) is 11.5 Å². The van der Waals surface area contributed by atoms with E-state index in [4.69, 9.17) is 9.47 Å². The van der Waals surface area contributed by atoms with E-state index in [1.54, 1.807) is 18.2 Å². The molecule has 0 radical (unpaired) electrons. The number of methoxy groups -OCH3 is 2. The first-order valence-corrected chi connectivity index (χ1v) is 7.83. The molecule has 1 heterocycles. The van der Waals surface area contributed by atoms with Crippen molar-refractivity contribution in [1.82, 2.24) is 9.55 Å². The highest BCUT2D eigenvalue weighted by molar-refractivity contribution is 5.98. The van der Waals surface area contributed by atoms with Crippen LogP contribution in [-0.4, -0.2) is 34.5 Å². The number of hydrogen-bond donors (Lipinski definition) is 0. The Kier molecular flexibility index (Phi) is 4.84. The fourth-order valence-corrected chi connectivity index (χ4v) is 2.64. The SMILES string of the molecule is COc1ccc(C(=O)Cn2cnc3ccc([N+](=O)[O-])cc3c2=O)c(OC)c1. The van der Waals surface area contributed by atoms with Crippen molar-refractivity contribution in [1.29, 1.82) is 0 Å². The van der Waals surface area contributed by atoms with Crippen LogP contribution in [0.5, 0.6) is 11.5 Å². The van der Waals surface area contributed by atoms with Crippen LogP contribution in [0.2, 0.25) is 0 Å². The van der Waals surface area contributed by atoms with Gasteiger partial charge in [0.2, 0.25) is 0 Å². The van der Waals surface area contributed by atoms with Crippen LogP contribution in [0.25, 0.3) is 10.9 Å². The van der Waals surface area contributed by atoms with Gasteiger partial charge in [0.05, 0.1) is 48.5 Å². The molecule has 1 aromatic heterocycles. The molecular weight excluding hydrogens is 354 g/mol. The Morgan fingerprint density at radius 3 is 2.63 bits per heavy atom. The maximum atomic E-state index is 12.6. The number of ketones is 1. The number of fused-ring (bicyclic) bond motifs is 1. The molecule has 0 saturated heterocycles. The minimum atomic E-state index is -0.594. The number of ether oxygens (including phenoxy) is 2. The van der Waals surface area contributed by atoms with Crippen molar-refractivity contribution in [3.63, 3.8) is 0 Å². The molecule has 0 amide bonds. The summed E-state index contributed by atoms with van der Waals surface area (Å²) in [5.74, 6) is 0.472. The second kappa shape index (κ2) is 7.24. The molecule has 3 aromatic rings. The lowest BCUT2D eigenvalue weighted by atomic mass is 10.1. The summed E-state index contributed by atoms with van der Waals surface area (Å²) in [7, 11) is 2.92. The van der Waals surface area contributed by atoms with Crippen LogP contribution in [-0.2, 0) is 6.54 Å². The Morgan fingerprint density at radius 2 is 1.96 bits per heavy atom. The highest BCUT2D eigenvalue weighted by atomic mass is 16.6. The second-order valence-corrected chi connectivity index (χ2v) is 5.63. The Bertz CT molecular complexity index is 1110. The lowest BCUT2D eigenvalue weighted by molar-refractivity contribution is -0.384. The van der Waals surface area contributed by atoms with E-state index in [0.717, 1.165) is 10.6 Å². The van der Waals surface area contributed by atoms with Crippen molar-refractivity contribution >= 4 is 22.4 Å². The first-order valence-electron chi connectivity index (χ1n) is 7.83. The average molecular weight is 369 g/mol. The first-order chi connectivity index (χ1) is 12.9. The maximum absolute atomic E-state index is 12.6. The van der Waals surface area contributed by atoms with Gasteiger partial charge in [-0.2, -0.15) is 0 Å². The van der Waals surface area contributed by atoms with Crippen molar-refractivity contribution < 1.29 is 19.2 Å². The van der Waals surface area contributed by atoms with Gasteiger partial charge < -0.3 is 9.47 Å². The quantitative estimate of drug-likeness (QED) is 0.372. The molecule has 0 saturated carbocycles. The number of rotatable bonds is 6. The Morgan fingerprint density at radius 1 is 1.19 bits per heavy atom. The zero-order chi connectivity index (χ0) is 19.6. The molecular formula is C18H15N3O6. The molecule has 0 fully saturated rings. The third kappa shape index (κ3) is 3.47. The molecule has 138 valence electrons. The van der Waals surface area contributed by atoms with Crippen molar-refractivity contribution in [2.75, 3.05) is 14.2 Å². The number of hydrogen-bond acceptors (Lipinski definition) is 7. The molecule has 0 aliphatic rings. The Labute approximate surface area is 152 Å². The number of non-ortho nitro benzene ring substituents is 1. The number of carbonyl (C=O) groups is 1. The topological polar surface area (TPSA) is 114 Å². The average Bonchev–Trinajstić information content (AvgIpc) is 2.69. The van der Waals surface area contributed by atoms with Gasteiger partial charge in [-0.15, -0.1) is 0 Å². The Hall–Kier alpha value is -3.75. The third-order valence-electron chi connectivity index (χ3n) is 4.04. The lowest BCUT2D eigenvalue weighted by Crippen LogP contribution is -2.25. The van der Waals surface area contributed by atoms with Crippen molar-refractivity contribution in [2.24, 2.45) is 0 Å². The van der Waals surface area contributed by atoms with E-state index in [1.807, 2.05) is 0 Å². The van der Waals surface area contributed by atoms with Gasteiger partial charge in [-0.05, 0) is 18.2 Å². The van der Waals surface area contributed by atoms with Crippen LogP contribution < -0.4 is 15.0 Å². The summed E-state index contributed by atoms with van der Waals surface area (Å²) in [6.45, 7) is -0.285. The first kappa shape index (κ1) is 18.1. The summed E-state index contributed by atoms with van der Waals surface area (Å²) in [6.07, 6.45) is 1.24. The summed E-state index contributed by atoms with van der Waals surface area (Å²) in [6, 6.07) is 8.54. The van der Waals surface area contributed by atoms with Crippen molar-refractivity contribution in [2.45, 2.75) is 6.54 Å². The van der Waals surface area contributed by atoms with Gasteiger partial charge in [-0.1, -0.05) is 0 Å². The normalized spacial score (nSPS) is 10.6. The summed E-state index contributed by atoms with van der Waals surface area (Å²) >= 11 is 0. The highest BCUT2D eigenvalue weighted by Crippen LogP contribution is 2.25. The van der Waals surface area contributed by atoms with E-state index in [2.05, 4.69) is 4.98 Å². The molecule has 9 heteroatoms. The number of benzene rings is 2. The van der Waals surface area contributed by atoms with Gasteiger partial charge in [0.15, 0.2) is 5.78 Å². The van der Waals surface area contributed by atoms with Gasteiger partial charge in [-0.25, -0.2) is 4.98 Å². The monoisotopic (exact) mass is 369 g/mol. The van der Waals surface area contributed by atoms with Gasteiger partial charge in [0.1, 0.15) is 11.5 Å². The minimum Gasteiger partial charge on any atom is -0.497 e. The second-order valence-electron chi connectivity index (χ2n) is 5.63. The van der Waals surface area contributed by atoms with Crippen molar-refractivity contribution in [3.05, 3.63) is 68.8 Å². The maximum Gasteiger partial charge on any atom is 0.270 e. The van der Waals surface area contributed by atoms with Crippen LogP contribution in [0, 0.1) is 10.1 Å².